The number of aliphatic hydroxyl groups is 1. The summed E-state index contributed by atoms with van der Waals surface area (Å²) in [6.45, 7) is 0.523. The number of aliphatic hydroxyl groups excluding tert-OH is 1. The average Bonchev–Trinajstić information content (AvgIpc) is 1.83. The molecule has 0 aromatic carbocycles. The van der Waals surface area contributed by atoms with Crippen LogP contribution in [0.3, 0.4) is 0 Å². The Hall–Kier alpha value is 0.528. The standard InChI is InChI=1S/C5H12N2O2.Pt/c6-4-2-1-3-7(9)5(4)8;/h4-5,8-9H,1-3,6H2;/t4-,5-;/m1./s1. The summed E-state index contributed by atoms with van der Waals surface area (Å²) in [6.07, 6.45) is 0.784. The summed E-state index contributed by atoms with van der Waals surface area (Å²) in [5, 5.41) is 18.7. The van der Waals surface area contributed by atoms with E-state index in [1.807, 2.05) is 0 Å². The van der Waals surface area contributed by atoms with E-state index in [4.69, 9.17) is 16.0 Å². The number of nitrogens with two attached hydrogens (primary N) is 1. The fourth-order valence-corrected chi connectivity index (χ4v) is 0.991. The van der Waals surface area contributed by atoms with E-state index in [1.165, 1.54) is 0 Å². The van der Waals surface area contributed by atoms with Crippen molar-refractivity contribution in [3.63, 3.8) is 0 Å². The van der Waals surface area contributed by atoms with E-state index in [2.05, 4.69) is 0 Å². The number of rotatable bonds is 0. The van der Waals surface area contributed by atoms with E-state index in [9.17, 15) is 0 Å². The van der Waals surface area contributed by atoms with Crippen LogP contribution in [0.4, 0.5) is 0 Å². The minimum absolute atomic E-state index is 0. The molecule has 0 spiro atoms. The zero-order chi connectivity index (χ0) is 6.85. The first-order valence-corrected chi connectivity index (χ1v) is 3.11. The predicted octanol–water partition coefficient (Wildman–Crippen LogP) is -0.885. The maximum atomic E-state index is 9.00. The van der Waals surface area contributed by atoms with Crippen LogP contribution in [0.2, 0.25) is 0 Å². The zero-order valence-electron chi connectivity index (χ0n) is 5.51. The summed E-state index contributed by atoms with van der Waals surface area (Å²) < 4.78 is 0. The van der Waals surface area contributed by atoms with Crippen LogP contribution in [-0.4, -0.2) is 34.2 Å². The van der Waals surface area contributed by atoms with Crippen molar-refractivity contribution < 1.29 is 31.4 Å². The van der Waals surface area contributed by atoms with Crippen LogP contribution >= 0.6 is 0 Å². The first kappa shape index (κ1) is 10.5. The SMILES string of the molecule is N[C@@H]1CCCN(O)[C@@H]1O.[Pt]. The molecule has 1 fully saturated rings. The van der Waals surface area contributed by atoms with E-state index in [1.54, 1.807) is 0 Å². The average molecular weight is 327 g/mol. The molecule has 0 aliphatic carbocycles. The Morgan fingerprint density at radius 3 is 2.50 bits per heavy atom. The van der Waals surface area contributed by atoms with Crippen LogP contribution in [0.1, 0.15) is 12.8 Å². The first-order chi connectivity index (χ1) is 4.22. The third kappa shape index (κ3) is 2.29. The fraction of sp³-hybridized carbons (Fsp3) is 1.00. The molecule has 1 heterocycles. The Bertz CT molecular complexity index is 93.6. The van der Waals surface area contributed by atoms with Crippen molar-refractivity contribution in [3.05, 3.63) is 0 Å². The number of hydrogen-bond acceptors (Lipinski definition) is 4. The van der Waals surface area contributed by atoms with Gasteiger partial charge in [0.15, 0.2) is 0 Å². The largest absolute Gasteiger partial charge is 0.375 e. The van der Waals surface area contributed by atoms with Crippen molar-refractivity contribution in [2.45, 2.75) is 25.1 Å². The molecule has 0 unspecified atom stereocenters. The molecule has 2 atom stereocenters. The Balaban J connectivity index is 0.000000810. The maximum absolute atomic E-state index is 9.00. The van der Waals surface area contributed by atoms with Crippen LogP contribution in [0.5, 0.6) is 0 Å². The van der Waals surface area contributed by atoms with E-state index in [-0.39, 0.29) is 27.1 Å². The van der Waals surface area contributed by atoms with Gasteiger partial charge >= 0.3 is 0 Å². The Morgan fingerprint density at radius 1 is 1.50 bits per heavy atom. The normalized spacial score (nSPS) is 35.1. The third-order valence-corrected chi connectivity index (χ3v) is 1.61. The molecule has 0 aromatic heterocycles. The predicted molar refractivity (Wildman–Crippen MR) is 31.7 cm³/mol. The van der Waals surface area contributed by atoms with Gasteiger partial charge < -0.3 is 16.0 Å². The molecular formula is C5H12N2O2Pt. The quantitative estimate of drug-likeness (QED) is 0.540. The van der Waals surface area contributed by atoms with Gasteiger partial charge in [0.1, 0.15) is 6.23 Å². The molecule has 64 valence electrons. The van der Waals surface area contributed by atoms with Gasteiger partial charge in [-0.1, -0.05) is 0 Å². The second kappa shape index (κ2) is 4.42. The number of piperidine rings is 1. The molecule has 5 heteroatoms. The Kier molecular flexibility index (Phi) is 4.65. The summed E-state index contributed by atoms with van der Waals surface area (Å²) >= 11 is 0. The molecule has 1 aliphatic rings. The zero-order valence-corrected chi connectivity index (χ0v) is 7.78. The van der Waals surface area contributed by atoms with Gasteiger partial charge in [-0.05, 0) is 12.8 Å². The van der Waals surface area contributed by atoms with Crippen molar-refractivity contribution in [3.8, 4) is 0 Å². The fourth-order valence-electron chi connectivity index (χ4n) is 0.991. The minimum Gasteiger partial charge on any atom is -0.375 e. The van der Waals surface area contributed by atoms with Crippen molar-refractivity contribution >= 4 is 0 Å². The van der Waals surface area contributed by atoms with Gasteiger partial charge in [0.25, 0.3) is 0 Å². The van der Waals surface area contributed by atoms with Crippen LogP contribution in [0, 0.1) is 0 Å². The van der Waals surface area contributed by atoms with E-state index >= 15 is 0 Å². The molecule has 0 saturated carbocycles. The van der Waals surface area contributed by atoms with E-state index in [0.717, 1.165) is 17.9 Å². The molecule has 1 aliphatic heterocycles. The minimum atomic E-state index is -0.862. The summed E-state index contributed by atoms with van der Waals surface area (Å²) in [4.78, 5) is 0. The molecular weight excluding hydrogens is 315 g/mol. The molecule has 1 rings (SSSR count). The van der Waals surface area contributed by atoms with Gasteiger partial charge in [-0.3, -0.25) is 0 Å². The molecule has 0 amide bonds. The summed E-state index contributed by atoms with van der Waals surface area (Å²) in [5.74, 6) is 0. The Labute approximate surface area is 74.2 Å². The van der Waals surface area contributed by atoms with Gasteiger partial charge in [-0.2, -0.15) is 5.06 Å². The second-order valence-corrected chi connectivity index (χ2v) is 2.38. The van der Waals surface area contributed by atoms with Gasteiger partial charge in [-0.25, -0.2) is 0 Å². The van der Waals surface area contributed by atoms with E-state index < -0.39 is 6.23 Å². The molecule has 4 nitrogen and oxygen atoms in total. The van der Waals surface area contributed by atoms with Crippen LogP contribution < -0.4 is 5.73 Å². The number of nitrogens with zero attached hydrogens (tertiary/aromatic N) is 1. The summed E-state index contributed by atoms with van der Waals surface area (Å²) in [6, 6.07) is -0.288. The van der Waals surface area contributed by atoms with Gasteiger partial charge in [0, 0.05) is 33.7 Å². The molecule has 10 heavy (non-hydrogen) atoms. The molecule has 0 radical (unpaired) electrons. The van der Waals surface area contributed by atoms with Crippen LogP contribution in [0.25, 0.3) is 0 Å². The number of hydroxylamine groups is 2. The molecule has 4 N–H and O–H groups in total. The van der Waals surface area contributed by atoms with E-state index in [0.29, 0.717) is 6.54 Å². The van der Waals surface area contributed by atoms with Crippen molar-refractivity contribution in [1.29, 1.82) is 0 Å². The van der Waals surface area contributed by atoms with Gasteiger partial charge in [0.05, 0.1) is 0 Å². The van der Waals surface area contributed by atoms with Crippen LogP contribution in [0.15, 0.2) is 0 Å². The smallest absolute Gasteiger partial charge is 0.144 e. The van der Waals surface area contributed by atoms with Gasteiger partial charge in [0.2, 0.25) is 0 Å². The first-order valence-electron chi connectivity index (χ1n) is 3.11. The molecule has 0 bridgehead atoms. The summed E-state index contributed by atoms with van der Waals surface area (Å²) in [7, 11) is 0. The van der Waals surface area contributed by atoms with Crippen molar-refractivity contribution in [2.24, 2.45) is 5.73 Å². The monoisotopic (exact) mass is 327 g/mol. The van der Waals surface area contributed by atoms with Crippen molar-refractivity contribution in [2.75, 3.05) is 6.54 Å². The van der Waals surface area contributed by atoms with Crippen LogP contribution in [-0.2, 0) is 21.1 Å². The molecule has 0 aromatic rings. The number of hydrogen-bond donors (Lipinski definition) is 3. The van der Waals surface area contributed by atoms with Crippen molar-refractivity contribution in [1.82, 2.24) is 5.06 Å². The van der Waals surface area contributed by atoms with Gasteiger partial charge in [-0.15, -0.1) is 0 Å². The maximum Gasteiger partial charge on any atom is 0.144 e. The Morgan fingerprint density at radius 2 is 2.10 bits per heavy atom. The third-order valence-electron chi connectivity index (χ3n) is 1.61. The topological polar surface area (TPSA) is 69.7 Å². The molecule has 1 saturated heterocycles. The second-order valence-electron chi connectivity index (χ2n) is 2.38. The summed E-state index contributed by atoms with van der Waals surface area (Å²) in [5.41, 5.74) is 5.42.